The average Bonchev–Trinajstić information content (AvgIpc) is 2.94. The molecule has 5 nitrogen and oxygen atoms in total. The predicted molar refractivity (Wildman–Crippen MR) is 84.2 cm³/mol. The molecule has 1 saturated heterocycles. The van der Waals surface area contributed by atoms with Crippen LogP contribution in [0.25, 0.3) is 0 Å². The molecule has 2 rings (SSSR count). The quantitative estimate of drug-likeness (QED) is 0.697. The fourth-order valence-electron chi connectivity index (χ4n) is 3.63. The second kappa shape index (κ2) is 8.59. The molecule has 21 heavy (non-hydrogen) atoms. The van der Waals surface area contributed by atoms with Crippen LogP contribution in [0.2, 0.25) is 0 Å². The van der Waals surface area contributed by atoms with E-state index in [9.17, 15) is 9.90 Å². The van der Waals surface area contributed by atoms with E-state index in [1.165, 1.54) is 25.8 Å². The Morgan fingerprint density at radius 3 is 2.67 bits per heavy atom. The highest BCUT2D eigenvalue weighted by Crippen LogP contribution is 2.24. The first-order valence-electron chi connectivity index (χ1n) is 8.60. The van der Waals surface area contributed by atoms with Crippen LogP contribution < -0.4 is 10.6 Å². The van der Waals surface area contributed by atoms with E-state index >= 15 is 0 Å². The monoisotopic (exact) mass is 297 g/mol. The number of rotatable bonds is 6. The van der Waals surface area contributed by atoms with Gasteiger partial charge in [-0.3, -0.25) is 0 Å². The summed E-state index contributed by atoms with van der Waals surface area (Å²) in [4.78, 5) is 14.5. The number of hydrogen-bond donors (Lipinski definition) is 3. The molecule has 0 unspecified atom stereocenters. The van der Waals surface area contributed by atoms with Gasteiger partial charge in [0, 0.05) is 25.1 Å². The second-order valence-electron chi connectivity index (χ2n) is 6.62. The number of urea groups is 1. The van der Waals surface area contributed by atoms with Gasteiger partial charge < -0.3 is 20.6 Å². The summed E-state index contributed by atoms with van der Waals surface area (Å²) in [6.07, 6.45) is 6.71. The lowest BCUT2D eigenvalue weighted by atomic mass is 9.97. The van der Waals surface area contributed by atoms with Crippen LogP contribution in [-0.2, 0) is 0 Å². The van der Waals surface area contributed by atoms with E-state index in [4.69, 9.17) is 0 Å². The summed E-state index contributed by atoms with van der Waals surface area (Å²) >= 11 is 0. The summed E-state index contributed by atoms with van der Waals surface area (Å²) in [6, 6.07) is 0.0951. The zero-order valence-electron chi connectivity index (χ0n) is 13.3. The molecule has 0 spiro atoms. The minimum atomic E-state index is -0.0589. The highest BCUT2D eigenvalue weighted by molar-refractivity contribution is 5.74. The van der Waals surface area contributed by atoms with Gasteiger partial charge >= 0.3 is 6.03 Å². The summed E-state index contributed by atoms with van der Waals surface area (Å²) in [7, 11) is 0. The van der Waals surface area contributed by atoms with Crippen molar-refractivity contribution in [1.29, 1.82) is 0 Å². The van der Waals surface area contributed by atoms with Gasteiger partial charge in [-0.15, -0.1) is 0 Å². The molecule has 0 aromatic heterocycles. The number of hydrogen-bond acceptors (Lipinski definition) is 3. The Morgan fingerprint density at radius 1 is 1.24 bits per heavy atom. The largest absolute Gasteiger partial charge is 0.396 e. The molecule has 1 saturated carbocycles. The molecule has 0 aromatic rings. The van der Waals surface area contributed by atoms with Crippen LogP contribution in [0.1, 0.15) is 45.4 Å². The van der Waals surface area contributed by atoms with Gasteiger partial charge in [0.15, 0.2) is 0 Å². The number of aliphatic hydroxyl groups excluding tert-OH is 1. The Morgan fingerprint density at radius 2 is 2.00 bits per heavy atom. The number of aliphatic hydroxyl groups is 1. The summed E-state index contributed by atoms with van der Waals surface area (Å²) in [5.41, 5.74) is 0. The number of likely N-dealkylation sites (tertiary alicyclic amines) is 1. The van der Waals surface area contributed by atoms with E-state index in [1.807, 2.05) is 0 Å². The lowest BCUT2D eigenvalue weighted by Gasteiger charge is -2.31. The van der Waals surface area contributed by atoms with E-state index < -0.39 is 0 Å². The van der Waals surface area contributed by atoms with Gasteiger partial charge in [-0.05, 0) is 57.7 Å². The van der Waals surface area contributed by atoms with Crippen molar-refractivity contribution in [3.8, 4) is 0 Å². The number of nitrogens with one attached hydrogen (secondary N) is 2. The Labute approximate surface area is 128 Å². The van der Waals surface area contributed by atoms with Crippen LogP contribution in [0.3, 0.4) is 0 Å². The fraction of sp³-hybridized carbons (Fsp3) is 0.938. The van der Waals surface area contributed by atoms with E-state index in [0.29, 0.717) is 5.92 Å². The van der Waals surface area contributed by atoms with Gasteiger partial charge in [0.2, 0.25) is 0 Å². The van der Waals surface area contributed by atoms with Gasteiger partial charge in [0.05, 0.1) is 0 Å². The van der Waals surface area contributed by atoms with Crippen molar-refractivity contribution in [3.05, 3.63) is 0 Å². The Kier molecular flexibility index (Phi) is 6.77. The third-order valence-corrected chi connectivity index (χ3v) is 5.01. The number of nitrogens with zero attached hydrogens (tertiary/aromatic N) is 1. The zero-order valence-corrected chi connectivity index (χ0v) is 13.3. The summed E-state index contributed by atoms with van der Waals surface area (Å²) < 4.78 is 0. The second-order valence-corrected chi connectivity index (χ2v) is 6.62. The molecule has 2 amide bonds. The summed E-state index contributed by atoms with van der Waals surface area (Å²) in [5, 5.41) is 15.3. The Bertz CT molecular complexity index is 317. The van der Waals surface area contributed by atoms with Crippen molar-refractivity contribution in [2.24, 2.45) is 11.8 Å². The lowest BCUT2D eigenvalue weighted by molar-refractivity contribution is 0.179. The first-order valence-corrected chi connectivity index (χ1v) is 8.60. The molecule has 1 aliphatic heterocycles. The number of amides is 2. The third kappa shape index (κ3) is 5.15. The molecule has 1 heterocycles. The number of piperidine rings is 1. The molecular weight excluding hydrogens is 266 g/mol. The van der Waals surface area contributed by atoms with Crippen molar-refractivity contribution >= 4 is 6.03 Å². The molecule has 2 atom stereocenters. The zero-order chi connectivity index (χ0) is 15.1. The lowest BCUT2D eigenvalue weighted by Crippen LogP contribution is -2.46. The number of carbonyl (C=O) groups is 1. The van der Waals surface area contributed by atoms with Crippen LogP contribution in [0.5, 0.6) is 0 Å². The molecule has 0 aromatic carbocycles. The minimum absolute atomic E-state index is 0.0589. The summed E-state index contributed by atoms with van der Waals surface area (Å²) in [5.74, 6) is 0.856. The van der Waals surface area contributed by atoms with Crippen LogP contribution in [0.15, 0.2) is 0 Å². The third-order valence-electron chi connectivity index (χ3n) is 5.01. The van der Waals surface area contributed by atoms with Gasteiger partial charge in [-0.25, -0.2) is 4.79 Å². The van der Waals surface area contributed by atoms with Crippen LogP contribution >= 0.6 is 0 Å². The van der Waals surface area contributed by atoms with Crippen molar-refractivity contribution < 1.29 is 9.90 Å². The van der Waals surface area contributed by atoms with Crippen molar-refractivity contribution in [2.75, 3.05) is 32.8 Å². The molecular formula is C16H31N3O2. The first kappa shape index (κ1) is 16.6. The molecule has 0 radical (unpaired) electrons. The van der Waals surface area contributed by atoms with Crippen LogP contribution in [0.4, 0.5) is 4.79 Å². The molecule has 2 aliphatic rings. The van der Waals surface area contributed by atoms with Gasteiger partial charge in [0.1, 0.15) is 0 Å². The topological polar surface area (TPSA) is 64.6 Å². The standard InChI is InChI=1S/C16H31N3O2/c1-2-8-19-9-6-13(7-10-19)11-17-16(21)18-15-5-3-4-14(15)12-20/h13-15,20H,2-12H2,1H3,(H2,17,18,21)/t14-,15+/m0/s1. The molecule has 122 valence electrons. The smallest absolute Gasteiger partial charge is 0.315 e. The van der Waals surface area contributed by atoms with Gasteiger partial charge in [0.25, 0.3) is 0 Å². The molecule has 1 aliphatic carbocycles. The Hall–Kier alpha value is -0.810. The fourth-order valence-corrected chi connectivity index (χ4v) is 3.63. The first-order chi connectivity index (χ1) is 10.2. The number of carbonyl (C=O) groups excluding carboxylic acids is 1. The minimum Gasteiger partial charge on any atom is -0.396 e. The maximum Gasteiger partial charge on any atom is 0.315 e. The Balaban J connectivity index is 1.61. The normalized spacial score (nSPS) is 27.7. The summed E-state index contributed by atoms with van der Waals surface area (Å²) in [6.45, 7) is 6.71. The predicted octanol–water partition coefficient (Wildman–Crippen LogP) is 1.57. The highest BCUT2D eigenvalue weighted by Gasteiger charge is 2.28. The van der Waals surface area contributed by atoms with Gasteiger partial charge in [-0.1, -0.05) is 13.3 Å². The van der Waals surface area contributed by atoms with E-state index in [0.717, 1.165) is 38.9 Å². The molecule has 5 heteroatoms. The maximum absolute atomic E-state index is 12.0. The van der Waals surface area contributed by atoms with E-state index in [-0.39, 0.29) is 24.6 Å². The SMILES string of the molecule is CCCN1CCC(CNC(=O)N[C@@H]2CCC[C@H]2CO)CC1. The van der Waals surface area contributed by atoms with Gasteiger partial charge in [-0.2, -0.15) is 0 Å². The molecule has 2 fully saturated rings. The van der Waals surface area contributed by atoms with E-state index in [2.05, 4.69) is 22.5 Å². The molecule has 0 bridgehead atoms. The maximum atomic E-state index is 12.0. The van der Waals surface area contributed by atoms with E-state index in [1.54, 1.807) is 0 Å². The highest BCUT2D eigenvalue weighted by atomic mass is 16.3. The molecule has 3 N–H and O–H groups in total. The van der Waals surface area contributed by atoms with Crippen molar-refractivity contribution in [3.63, 3.8) is 0 Å². The van der Waals surface area contributed by atoms with Crippen LogP contribution in [-0.4, -0.2) is 54.9 Å². The average molecular weight is 297 g/mol. The van der Waals surface area contributed by atoms with Crippen molar-refractivity contribution in [2.45, 2.75) is 51.5 Å². The van der Waals surface area contributed by atoms with Crippen LogP contribution in [0, 0.1) is 11.8 Å². The van der Waals surface area contributed by atoms with Crippen molar-refractivity contribution in [1.82, 2.24) is 15.5 Å².